The van der Waals surface area contributed by atoms with Crippen molar-refractivity contribution >= 4 is 23.4 Å². The van der Waals surface area contributed by atoms with Gasteiger partial charge in [-0.1, -0.05) is 51.3 Å². The molecule has 1 saturated carbocycles. The van der Waals surface area contributed by atoms with Crippen LogP contribution in [0.25, 0.3) is 0 Å². The van der Waals surface area contributed by atoms with Crippen LogP contribution in [0.3, 0.4) is 0 Å². The lowest BCUT2D eigenvalue weighted by Gasteiger charge is -2.36. The van der Waals surface area contributed by atoms with Gasteiger partial charge in [0.25, 0.3) is 0 Å². The van der Waals surface area contributed by atoms with Crippen LogP contribution in [0.5, 0.6) is 5.75 Å². The number of carbonyl (C=O) groups is 3. The number of nitrogens with one attached hydrogen (secondary N) is 2. The predicted molar refractivity (Wildman–Crippen MR) is 153 cm³/mol. The lowest BCUT2D eigenvalue weighted by Crippen LogP contribution is -2.58. The summed E-state index contributed by atoms with van der Waals surface area (Å²) >= 11 is 0. The number of anilines is 1. The number of fused-ring (bicyclic) bond motifs is 1. The van der Waals surface area contributed by atoms with Gasteiger partial charge in [-0.25, -0.2) is 0 Å². The number of likely N-dealkylation sites (N-methyl/N-ethyl adjacent to an activating group) is 1. The van der Waals surface area contributed by atoms with E-state index < -0.39 is 29.6 Å². The van der Waals surface area contributed by atoms with E-state index in [-0.39, 0.29) is 23.8 Å². The van der Waals surface area contributed by atoms with Crippen LogP contribution in [-0.2, 0) is 19.1 Å². The van der Waals surface area contributed by atoms with E-state index in [1.165, 1.54) is 6.42 Å². The average molecular weight is 553 g/mol. The maximum Gasteiger partial charge on any atom is 0.246 e. The molecule has 3 aliphatic heterocycles. The quantitative estimate of drug-likeness (QED) is 0.409. The van der Waals surface area contributed by atoms with Crippen LogP contribution in [0.15, 0.2) is 36.4 Å². The van der Waals surface area contributed by atoms with Crippen molar-refractivity contribution < 1.29 is 23.9 Å². The van der Waals surface area contributed by atoms with Crippen molar-refractivity contribution in [2.75, 3.05) is 39.1 Å². The first-order chi connectivity index (χ1) is 19.3. The van der Waals surface area contributed by atoms with Gasteiger partial charge < -0.3 is 29.9 Å². The van der Waals surface area contributed by atoms with Gasteiger partial charge in [0.1, 0.15) is 17.4 Å². The molecule has 2 saturated heterocycles. The summed E-state index contributed by atoms with van der Waals surface area (Å²) in [7, 11) is 3.62. The van der Waals surface area contributed by atoms with Crippen LogP contribution in [-0.4, -0.2) is 85.1 Å². The highest BCUT2D eigenvalue weighted by Gasteiger charge is 2.72. The smallest absolute Gasteiger partial charge is 0.246 e. The van der Waals surface area contributed by atoms with Crippen LogP contribution in [0, 0.1) is 17.8 Å². The minimum atomic E-state index is -1.15. The molecule has 5 rings (SSSR count). The van der Waals surface area contributed by atoms with Crippen LogP contribution < -0.4 is 15.4 Å². The molecule has 9 nitrogen and oxygen atoms in total. The first kappa shape index (κ1) is 28.6. The Morgan fingerprint density at radius 2 is 2.00 bits per heavy atom. The Morgan fingerprint density at radius 3 is 2.75 bits per heavy atom. The molecule has 2 bridgehead atoms. The molecule has 3 heterocycles. The third-order valence-corrected chi connectivity index (χ3v) is 9.32. The Hall–Kier alpha value is -2.91. The van der Waals surface area contributed by atoms with Crippen molar-refractivity contribution in [3.8, 4) is 5.75 Å². The van der Waals surface area contributed by atoms with Gasteiger partial charge in [-0.15, -0.1) is 0 Å². The second-order valence-electron chi connectivity index (χ2n) is 12.0. The van der Waals surface area contributed by atoms with Gasteiger partial charge in [-0.3, -0.25) is 14.4 Å². The van der Waals surface area contributed by atoms with Crippen molar-refractivity contribution in [2.24, 2.45) is 17.8 Å². The van der Waals surface area contributed by atoms with Crippen LogP contribution in [0.1, 0.15) is 52.4 Å². The molecule has 0 unspecified atom stereocenters. The van der Waals surface area contributed by atoms with E-state index in [9.17, 15) is 14.4 Å². The number of amides is 3. The Morgan fingerprint density at radius 1 is 1.20 bits per heavy atom. The molecule has 40 heavy (non-hydrogen) atoms. The third kappa shape index (κ3) is 5.26. The molecule has 218 valence electrons. The average Bonchev–Trinajstić information content (AvgIpc) is 3.59. The molecule has 7 atom stereocenters. The summed E-state index contributed by atoms with van der Waals surface area (Å²) in [5.74, 6) is -1.12. The Balaban J connectivity index is 1.41. The molecule has 1 spiro atoms. The lowest BCUT2D eigenvalue weighted by molar-refractivity contribution is -0.141. The first-order valence-corrected chi connectivity index (χ1v) is 14.9. The van der Waals surface area contributed by atoms with Crippen LogP contribution in [0.2, 0.25) is 0 Å². The topological polar surface area (TPSA) is 100 Å². The van der Waals surface area contributed by atoms with Crippen LogP contribution in [0.4, 0.5) is 5.69 Å². The summed E-state index contributed by atoms with van der Waals surface area (Å²) in [6.45, 7) is 6.31. The lowest BCUT2D eigenvalue weighted by atomic mass is 9.74. The minimum absolute atomic E-state index is 0.0793. The Bertz CT molecular complexity index is 1140. The van der Waals surface area contributed by atoms with E-state index in [1.807, 2.05) is 19.2 Å². The van der Waals surface area contributed by atoms with Gasteiger partial charge in [0.2, 0.25) is 17.7 Å². The van der Waals surface area contributed by atoms with Crippen molar-refractivity contribution in [2.45, 2.75) is 76.2 Å². The first-order valence-electron chi connectivity index (χ1n) is 14.9. The number of nitrogens with zero attached hydrogens (tertiary/aromatic N) is 2. The fraction of sp³-hybridized carbons (Fsp3) is 0.645. The number of hydrogen-bond donors (Lipinski definition) is 2. The summed E-state index contributed by atoms with van der Waals surface area (Å²) in [5.41, 5.74) is -0.562. The number of hydrogen-bond acceptors (Lipinski definition) is 6. The SMILES string of the molecule is CCCCN(C)CCN1C(=O)[C@H]2[C@H](C(=O)Nc3cccc(OC)c3)[C@H]3C=C[C@@]2(O3)[C@@H]1C(=O)N[C@H]1CCCC[C@H]1C. The number of ether oxygens (including phenoxy) is 2. The summed E-state index contributed by atoms with van der Waals surface area (Å²) in [6, 6.07) is 6.41. The number of likely N-dealkylation sites (tertiary alicyclic amines) is 1. The fourth-order valence-corrected chi connectivity index (χ4v) is 7.04. The number of methoxy groups -OCH3 is 1. The van der Waals surface area contributed by atoms with Gasteiger partial charge in [0.15, 0.2) is 0 Å². The molecule has 1 aliphatic carbocycles. The molecular formula is C31H44N4O5. The van der Waals surface area contributed by atoms with Crippen molar-refractivity contribution in [1.29, 1.82) is 0 Å². The largest absolute Gasteiger partial charge is 0.497 e. The van der Waals surface area contributed by atoms with Gasteiger partial charge in [0, 0.05) is 30.9 Å². The van der Waals surface area contributed by atoms with Gasteiger partial charge in [0.05, 0.1) is 25.0 Å². The molecule has 1 aromatic carbocycles. The molecule has 2 N–H and O–H groups in total. The monoisotopic (exact) mass is 552 g/mol. The maximum absolute atomic E-state index is 14.2. The van der Waals surface area contributed by atoms with E-state index >= 15 is 0 Å². The Labute approximate surface area is 237 Å². The number of carbonyl (C=O) groups excluding carboxylic acids is 3. The molecule has 1 aromatic rings. The van der Waals surface area contributed by atoms with E-state index in [0.29, 0.717) is 30.4 Å². The zero-order valence-corrected chi connectivity index (χ0v) is 24.2. The molecule has 3 amide bonds. The summed E-state index contributed by atoms with van der Waals surface area (Å²) in [4.78, 5) is 45.8. The predicted octanol–water partition coefficient (Wildman–Crippen LogP) is 3.21. The summed E-state index contributed by atoms with van der Waals surface area (Å²) in [5, 5.41) is 6.26. The van der Waals surface area contributed by atoms with Crippen molar-refractivity contribution in [3.63, 3.8) is 0 Å². The van der Waals surface area contributed by atoms with Crippen molar-refractivity contribution in [1.82, 2.24) is 15.1 Å². The van der Waals surface area contributed by atoms with Gasteiger partial charge >= 0.3 is 0 Å². The Kier molecular flexibility index (Phi) is 8.52. The van der Waals surface area contributed by atoms with Gasteiger partial charge in [-0.2, -0.15) is 0 Å². The van der Waals surface area contributed by atoms with E-state index in [1.54, 1.807) is 36.3 Å². The van der Waals surface area contributed by atoms with E-state index in [4.69, 9.17) is 9.47 Å². The highest BCUT2D eigenvalue weighted by Crippen LogP contribution is 2.55. The van der Waals surface area contributed by atoms with Crippen molar-refractivity contribution in [3.05, 3.63) is 36.4 Å². The zero-order valence-electron chi connectivity index (χ0n) is 24.2. The maximum atomic E-state index is 14.2. The summed E-state index contributed by atoms with van der Waals surface area (Å²) < 4.78 is 11.8. The minimum Gasteiger partial charge on any atom is -0.497 e. The van der Waals surface area contributed by atoms with E-state index in [2.05, 4.69) is 29.4 Å². The summed E-state index contributed by atoms with van der Waals surface area (Å²) in [6.07, 6.45) is 9.63. The normalized spacial score (nSPS) is 32.4. The number of unbranched alkanes of at least 4 members (excludes halogenated alkanes) is 1. The molecule has 9 heteroatoms. The molecule has 3 fully saturated rings. The van der Waals surface area contributed by atoms with Gasteiger partial charge in [-0.05, 0) is 50.9 Å². The second kappa shape index (κ2) is 11.9. The number of rotatable bonds is 11. The highest BCUT2D eigenvalue weighted by molar-refractivity contribution is 6.02. The molecule has 0 radical (unpaired) electrons. The number of benzene rings is 1. The highest BCUT2D eigenvalue weighted by atomic mass is 16.5. The molecular weight excluding hydrogens is 508 g/mol. The van der Waals surface area contributed by atoms with E-state index in [0.717, 1.165) is 38.6 Å². The zero-order chi connectivity index (χ0) is 28.4. The molecule has 4 aliphatic rings. The molecule has 0 aromatic heterocycles. The van der Waals surface area contributed by atoms with Crippen LogP contribution >= 0.6 is 0 Å². The fourth-order valence-electron chi connectivity index (χ4n) is 7.04. The standard InChI is InChI=1S/C31H44N4O5/c1-5-6-16-34(3)17-18-35-27(29(37)33-23-13-8-7-10-20(23)2)31-15-14-24(40-31)25(26(31)30(35)38)28(36)32-21-11-9-12-22(19-21)39-4/h9,11-12,14-15,19-20,23-27H,5-8,10,13,16-18H2,1-4H3,(H,32,36)(H,33,37)/t20-,23+,24-,25-,26-,27+,31+/m1/s1. The second-order valence-corrected chi connectivity index (χ2v) is 12.0. The third-order valence-electron chi connectivity index (χ3n) is 9.32.